The Morgan fingerprint density at radius 1 is 0.290 bits per heavy atom. The number of hydrogen-bond acceptors (Lipinski definition) is 1. The second kappa shape index (κ2) is 16.7. The van der Waals surface area contributed by atoms with E-state index >= 15 is 0 Å². The molecule has 324 valence electrons. The zero-order chi connectivity index (χ0) is 45.7. The summed E-state index contributed by atoms with van der Waals surface area (Å²) >= 11 is 0. The van der Waals surface area contributed by atoms with Gasteiger partial charge in [0.1, 0.15) is 0 Å². The van der Waals surface area contributed by atoms with Crippen LogP contribution in [0.4, 0.5) is 17.1 Å². The largest absolute Gasteiger partial charge is 0.310 e. The first-order valence-corrected chi connectivity index (χ1v) is 23.8. The van der Waals surface area contributed by atoms with Gasteiger partial charge in [0.05, 0.1) is 22.1 Å². The molecule has 12 aromatic rings. The van der Waals surface area contributed by atoms with Crippen LogP contribution in [0.25, 0.3) is 72.0 Å². The summed E-state index contributed by atoms with van der Waals surface area (Å²) in [6.45, 7) is 0. The molecule has 0 unspecified atom stereocenters. The molecule has 0 saturated carbocycles. The number of nitrogens with zero attached hydrogens (tertiary/aromatic N) is 2. The zero-order valence-corrected chi connectivity index (χ0v) is 38.0. The number of rotatable bonds is 9. The molecule has 1 aliphatic carbocycles. The Balaban J connectivity index is 1.09. The lowest BCUT2D eigenvalue weighted by Crippen LogP contribution is -2.28. The Bertz CT molecular complexity index is 3790. The summed E-state index contributed by atoms with van der Waals surface area (Å²) in [4.78, 5) is 2.51. The summed E-state index contributed by atoms with van der Waals surface area (Å²) < 4.78 is 2.40. The molecule has 13 rings (SSSR count). The van der Waals surface area contributed by atoms with Crippen molar-refractivity contribution in [3.05, 3.63) is 301 Å². The zero-order valence-electron chi connectivity index (χ0n) is 38.0. The van der Waals surface area contributed by atoms with Gasteiger partial charge in [-0.15, -0.1) is 0 Å². The molecule has 0 spiro atoms. The third-order valence-electron chi connectivity index (χ3n) is 14.3. The van der Waals surface area contributed by atoms with Crippen LogP contribution in [-0.4, -0.2) is 4.57 Å². The summed E-state index contributed by atoms with van der Waals surface area (Å²) in [5.74, 6) is 0. The van der Waals surface area contributed by atoms with Crippen molar-refractivity contribution in [2.45, 2.75) is 5.41 Å². The van der Waals surface area contributed by atoms with E-state index in [0.29, 0.717) is 0 Å². The summed E-state index contributed by atoms with van der Waals surface area (Å²) in [7, 11) is 0. The van der Waals surface area contributed by atoms with Crippen molar-refractivity contribution in [1.82, 2.24) is 4.57 Å². The molecular weight excluding hydrogens is 833 g/mol. The van der Waals surface area contributed by atoms with Gasteiger partial charge in [0, 0.05) is 33.4 Å². The molecule has 0 radical (unpaired) electrons. The highest BCUT2D eigenvalue weighted by Gasteiger charge is 2.46. The first kappa shape index (κ1) is 40.3. The lowest BCUT2D eigenvalue weighted by molar-refractivity contribution is 0.768. The van der Waals surface area contributed by atoms with Crippen molar-refractivity contribution in [3.8, 4) is 50.2 Å². The van der Waals surface area contributed by atoms with Gasteiger partial charge in [-0.05, 0) is 116 Å². The minimum absolute atomic E-state index is 0.559. The van der Waals surface area contributed by atoms with Crippen LogP contribution in [0.2, 0.25) is 0 Å². The molecule has 0 saturated heterocycles. The van der Waals surface area contributed by atoms with Gasteiger partial charge < -0.3 is 9.47 Å². The number of anilines is 3. The third-order valence-corrected chi connectivity index (χ3v) is 14.3. The van der Waals surface area contributed by atoms with Gasteiger partial charge in [0.25, 0.3) is 0 Å². The van der Waals surface area contributed by atoms with Gasteiger partial charge in [-0.2, -0.15) is 0 Å². The molecule has 0 atom stereocenters. The lowest BCUT2D eigenvalue weighted by atomic mass is 9.67. The minimum Gasteiger partial charge on any atom is -0.310 e. The monoisotopic (exact) mass is 878 g/mol. The number of aromatic nitrogens is 1. The normalized spacial score (nSPS) is 12.5. The van der Waals surface area contributed by atoms with E-state index in [9.17, 15) is 0 Å². The van der Waals surface area contributed by atoms with Crippen molar-refractivity contribution in [2.24, 2.45) is 0 Å². The molecule has 2 nitrogen and oxygen atoms in total. The summed E-state index contributed by atoms with van der Waals surface area (Å²) in [6, 6.07) is 102. The van der Waals surface area contributed by atoms with Crippen molar-refractivity contribution in [3.63, 3.8) is 0 Å². The molecule has 0 fully saturated rings. The summed E-state index contributed by atoms with van der Waals surface area (Å²) in [5.41, 5.74) is 20.8. The Kier molecular flexibility index (Phi) is 9.77. The first-order valence-electron chi connectivity index (χ1n) is 23.8. The fourth-order valence-electron chi connectivity index (χ4n) is 11.4. The van der Waals surface area contributed by atoms with E-state index in [-0.39, 0.29) is 0 Å². The second-order valence-corrected chi connectivity index (χ2v) is 18.0. The van der Waals surface area contributed by atoms with Gasteiger partial charge in [-0.3, -0.25) is 0 Å². The number of para-hydroxylation sites is 3. The van der Waals surface area contributed by atoms with Crippen LogP contribution in [-0.2, 0) is 5.41 Å². The topological polar surface area (TPSA) is 8.17 Å². The van der Waals surface area contributed by atoms with Crippen LogP contribution in [0.15, 0.2) is 279 Å². The van der Waals surface area contributed by atoms with Gasteiger partial charge in [-0.25, -0.2) is 0 Å². The second-order valence-electron chi connectivity index (χ2n) is 18.0. The van der Waals surface area contributed by atoms with Crippen molar-refractivity contribution < 1.29 is 0 Å². The van der Waals surface area contributed by atoms with E-state index in [1.54, 1.807) is 0 Å². The molecule has 1 aromatic heterocycles. The maximum absolute atomic E-state index is 2.51. The predicted molar refractivity (Wildman–Crippen MR) is 289 cm³/mol. The number of hydrogen-bond donors (Lipinski definition) is 0. The Morgan fingerprint density at radius 2 is 0.754 bits per heavy atom. The summed E-state index contributed by atoms with van der Waals surface area (Å²) in [5, 5.41) is 2.41. The molecular formula is C67H46N2. The van der Waals surface area contributed by atoms with Crippen molar-refractivity contribution in [1.29, 1.82) is 0 Å². The number of fused-ring (bicyclic) bond motifs is 6. The minimum atomic E-state index is -0.559. The van der Waals surface area contributed by atoms with Crippen LogP contribution in [0.5, 0.6) is 0 Å². The molecule has 11 aromatic carbocycles. The van der Waals surface area contributed by atoms with E-state index in [1.165, 1.54) is 83.0 Å². The Morgan fingerprint density at radius 3 is 1.45 bits per heavy atom. The van der Waals surface area contributed by atoms with Crippen LogP contribution < -0.4 is 4.90 Å². The van der Waals surface area contributed by atoms with Gasteiger partial charge in [0.2, 0.25) is 0 Å². The standard InChI is InChI=1S/C67H46N2/c1-5-23-47(24-6-1)53-31-13-14-32-54(53)55-33-15-16-34-56(55)59-36-18-21-39-64(59)68(51-42-44-66-61(45-51)60-37-19-22-40-65(60)69(66)50-29-11-4-12-30-50)52-41-43-58-57-35-17-20-38-62(57)67(63(58)46-52,48-25-7-2-8-26-48)49-27-9-3-10-28-49/h1-46H. The number of benzene rings is 11. The summed E-state index contributed by atoms with van der Waals surface area (Å²) in [6.07, 6.45) is 0. The van der Waals surface area contributed by atoms with Crippen LogP contribution >= 0.6 is 0 Å². The highest BCUT2D eigenvalue weighted by Crippen LogP contribution is 2.58. The molecule has 2 heteroatoms. The maximum atomic E-state index is 2.51. The highest BCUT2D eigenvalue weighted by atomic mass is 15.1. The van der Waals surface area contributed by atoms with Gasteiger partial charge in [-0.1, -0.05) is 224 Å². The Labute approximate surface area is 403 Å². The van der Waals surface area contributed by atoms with Gasteiger partial charge >= 0.3 is 0 Å². The van der Waals surface area contributed by atoms with Crippen molar-refractivity contribution in [2.75, 3.05) is 4.90 Å². The van der Waals surface area contributed by atoms with Gasteiger partial charge in [0.15, 0.2) is 0 Å². The molecule has 0 amide bonds. The average molecular weight is 879 g/mol. The van der Waals surface area contributed by atoms with Crippen LogP contribution in [0.3, 0.4) is 0 Å². The average Bonchev–Trinajstić information content (AvgIpc) is 3.92. The fourth-order valence-corrected chi connectivity index (χ4v) is 11.4. The first-order chi connectivity index (χ1) is 34.3. The van der Waals surface area contributed by atoms with E-state index in [4.69, 9.17) is 0 Å². The Hall–Kier alpha value is -8.98. The van der Waals surface area contributed by atoms with E-state index in [1.807, 2.05) is 0 Å². The molecule has 1 heterocycles. The SMILES string of the molecule is c1ccc(-c2ccccc2-c2ccccc2-c2ccccc2N(c2ccc3c(c2)C(c2ccccc2)(c2ccccc2)c2ccccc2-3)c2ccc3c(c2)c2ccccc2n3-c2ccccc2)cc1. The molecule has 1 aliphatic rings. The molecule has 0 bridgehead atoms. The lowest BCUT2D eigenvalue weighted by Gasteiger charge is -2.35. The van der Waals surface area contributed by atoms with E-state index < -0.39 is 5.41 Å². The smallest absolute Gasteiger partial charge is 0.0714 e. The molecule has 69 heavy (non-hydrogen) atoms. The van der Waals surface area contributed by atoms with E-state index in [0.717, 1.165) is 28.3 Å². The van der Waals surface area contributed by atoms with E-state index in [2.05, 4.69) is 289 Å². The van der Waals surface area contributed by atoms with Crippen LogP contribution in [0.1, 0.15) is 22.3 Å². The molecule has 0 N–H and O–H groups in total. The fraction of sp³-hybridized carbons (Fsp3) is 0.0149. The van der Waals surface area contributed by atoms with Crippen molar-refractivity contribution >= 4 is 38.9 Å². The highest BCUT2D eigenvalue weighted by molar-refractivity contribution is 6.11. The molecule has 0 aliphatic heterocycles. The third kappa shape index (κ3) is 6.48. The maximum Gasteiger partial charge on any atom is 0.0714 e. The van der Waals surface area contributed by atoms with Crippen LogP contribution in [0, 0.1) is 0 Å². The predicted octanol–water partition coefficient (Wildman–Crippen LogP) is 17.6. The quantitative estimate of drug-likeness (QED) is 0.140.